The van der Waals surface area contributed by atoms with E-state index < -0.39 is 6.10 Å². The van der Waals surface area contributed by atoms with Crippen LogP contribution in [0.4, 0.5) is 0 Å². The van der Waals surface area contributed by atoms with Crippen molar-refractivity contribution in [2.45, 2.75) is 57.2 Å². The summed E-state index contributed by atoms with van der Waals surface area (Å²) < 4.78 is 13.2. The maximum Gasteiger partial charge on any atom is 0.254 e. The minimum atomic E-state index is -0.462. The summed E-state index contributed by atoms with van der Waals surface area (Å²) in [6.45, 7) is 3.17. The van der Waals surface area contributed by atoms with E-state index in [2.05, 4.69) is 14.8 Å². The average Bonchev–Trinajstić information content (AvgIpc) is 3.16. The summed E-state index contributed by atoms with van der Waals surface area (Å²) in [6.07, 6.45) is 6.08. The normalized spacial score (nSPS) is 28.4. The molecule has 0 radical (unpaired) electrons. The predicted molar refractivity (Wildman–Crippen MR) is 81.8 cm³/mol. The number of rotatable bonds is 2. The number of carbonyl (C=O) groups excluding carboxylic acids is 1. The Labute approximate surface area is 135 Å². The van der Waals surface area contributed by atoms with Gasteiger partial charge in [0.25, 0.3) is 5.91 Å². The van der Waals surface area contributed by atoms with Crippen molar-refractivity contribution >= 4 is 5.91 Å². The summed E-state index contributed by atoms with van der Waals surface area (Å²) in [5.74, 6) is 2.08. The zero-order chi connectivity index (χ0) is 15.6. The number of ether oxygens (including phenoxy) is 2. The highest BCUT2D eigenvalue weighted by Gasteiger charge is 2.38. The van der Waals surface area contributed by atoms with Crippen LogP contribution in [0.3, 0.4) is 0 Å². The lowest BCUT2D eigenvalue weighted by Gasteiger charge is -2.30. The molecule has 0 N–H and O–H groups in total. The fourth-order valence-corrected chi connectivity index (χ4v) is 3.87. The third-order valence-electron chi connectivity index (χ3n) is 5.06. The van der Waals surface area contributed by atoms with E-state index in [0.717, 1.165) is 50.4 Å². The highest BCUT2D eigenvalue weighted by molar-refractivity contribution is 5.81. The van der Waals surface area contributed by atoms with Gasteiger partial charge in [0.2, 0.25) is 0 Å². The summed E-state index contributed by atoms with van der Waals surface area (Å²) in [5.41, 5.74) is 0. The summed E-state index contributed by atoms with van der Waals surface area (Å²) in [7, 11) is 0. The monoisotopic (exact) mass is 320 g/mol. The average molecular weight is 320 g/mol. The number of hydrogen-bond donors (Lipinski definition) is 0. The molecule has 3 aliphatic rings. The Morgan fingerprint density at radius 2 is 2.04 bits per heavy atom. The maximum absolute atomic E-state index is 12.8. The first kappa shape index (κ1) is 15.1. The van der Waals surface area contributed by atoms with Gasteiger partial charge in [-0.1, -0.05) is 6.42 Å². The zero-order valence-corrected chi connectivity index (χ0v) is 13.4. The van der Waals surface area contributed by atoms with Gasteiger partial charge in [0, 0.05) is 19.5 Å². The van der Waals surface area contributed by atoms with Gasteiger partial charge in [0.1, 0.15) is 5.82 Å². The number of aryl methyl sites for hydroxylation is 1. The van der Waals surface area contributed by atoms with E-state index in [-0.39, 0.29) is 11.9 Å². The number of nitrogens with zero attached hydrogens (tertiary/aromatic N) is 4. The van der Waals surface area contributed by atoms with Crippen molar-refractivity contribution in [3.05, 3.63) is 11.6 Å². The highest BCUT2D eigenvalue weighted by Crippen LogP contribution is 2.33. The molecule has 1 amide bonds. The first-order valence-corrected chi connectivity index (χ1v) is 8.76. The number of fused-ring (bicyclic) bond motifs is 1. The van der Waals surface area contributed by atoms with Crippen LogP contribution in [0.5, 0.6) is 0 Å². The Balaban J connectivity index is 1.56. The van der Waals surface area contributed by atoms with Crippen LogP contribution in [-0.4, -0.2) is 58.0 Å². The molecule has 2 saturated heterocycles. The van der Waals surface area contributed by atoms with Crippen molar-refractivity contribution < 1.29 is 14.3 Å². The Kier molecular flexibility index (Phi) is 4.31. The molecule has 0 aromatic carbocycles. The van der Waals surface area contributed by atoms with Crippen molar-refractivity contribution in [1.82, 2.24) is 19.7 Å². The number of hydrogen-bond acceptors (Lipinski definition) is 5. The zero-order valence-electron chi connectivity index (χ0n) is 13.4. The van der Waals surface area contributed by atoms with Crippen LogP contribution in [0.15, 0.2) is 0 Å². The standard InChI is InChI=1S/C16H24N4O3/c21-16(13-11-22-9-10-23-13)19-8-4-5-12(19)15-18-17-14-6-2-1-3-7-20(14)15/h12-13H,1-11H2/t12-,13+/m0/s1. The molecule has 4 rings (SSSR count). The van der Waals surface area contributed by atoms with E-state index in [1.807, 2.05) is 4.90 Å². The molecule has 3 aliphatic heterocycles. The third-order valence-corrected chi connectivity index (χ3v) is 5.06. The molecule has 0 spiro atoms. The lowest BCUT2D eigenvalue weighted by Crippen LogP contribution is -2.45. The fraction of sp³-hybridized carbons (Fsp3) is 0.812. The molecule has 1 aromatic rings. The van der Waals surface area contributed by atoms with Crippen molar-refractivity contribution in [1.29, 1.82) is 0 Å². The van der Waals surface area contributed by atoms with Gasteiger partial charge in [0.05, 0.1) is 25.9 Å². The number of likely N-dealkylation sites (tertiary alicyclic amines) is 1. The Bertz CT molecular complexity index is 568. The molecule has 4 heterocycles. The molecule has 0 aliphatic carbocycles. The lowest BCUT2D eigenvalue weighted by atomic mass is 10.2. The van der Waals surface area contributed by atoms with Gasteiger partial charge in [-0.25, -0.2) is 0 Å². The Hall–Kier alpha value is -1.47. The van der Waals surface area contributed by atoms with E-state index in [1.165, 1.54) is 12.8 Å². The number of amides is 1. The first-order chi connectivity index (χ1) is 11.3. The number of carbonyl (C=O) groups is 1. The second kappa shape index (κ2) is 6.57. The number of aromatic nitrogens is 3. The van der Waals surface area contributed by atoms with Crippen molar-refractivity contribution in [2.75, 3.05) is 26.4 Å². The van der Waals surface area contributed by atoms with Crippen LogP contribution in [0.25, 0.3) is 0 Å². The SMILES string of the molecule is O=C([C@H]1COCCO1)N1CCC[C@H]1c1nnc2n1CCCCC2. The van der Waals surface area contributed by atoms with Crippen LogP contribution in [0, 0.1) is 0 Å². The topological polar surface area (TPSA) is 69.5 Å². The van der Waals surface area contributed by atoms with Crippen molar-refractivity contribution in [2.24, 2.45) is 0 Å². The van der Waals surface area contributed by atoms with Gasteiger partial charge < -0.3 is 18.9 Å². The molecule has 0 unspecified atom stereocenters. The van der Waals surface area contributed by atoms with Gasteiger partial charge in [-0.15, -0.1) is 10.2 Å². The fourth-order valence-electron chi connectivity index (χ4n) is 3.87. The van der Waals surface area contributed by atoms with Gasteiger partial charge in [-0.2, -0.15) is 0 Å². The molecule has 23 heavy (non-hydrogen) atoms. The summed E-state index contributed by atoms with van der Waals surface area (Å²) in [6, 6.07) is 0.0346. The molecule has 126 valence electrons. The van der Waals surface area contributed by atoms with Crippen molar-refractivity contribution in [3.8, 4) is 0 Å². The van der Waals surface area contributed by atoms with Crippen molar-refractivity contribution in [3.63, 3.8) is 0 Å². The molecular formula is C16H24N4O3. The molecule has 2 fully saturated rings. The highest BCUT2D eigenvalue weighted by atomic mass is 16.6. The smallest absolute Gasteiger partial charge is 0.254 e. The van der Waals surface area contributed by atoms with Crippen LogP contribution < -0.4 is 0 Å². The largest absolute Gasteiger partial charge is 0.376 e. The van der Waals surface area contributed by atoms with E-state index in [1.54, 1.807) is 0 Å². The van der Waals surface area contributed by atoms with E-state index in [9.17, 15) is 4.79 Å². The van der Waals surface area contributed by atoms with E-state index in [4.69, 9.17) is 9.47 Å². The van der Waals surface area contributed by atoms with Crippen LogP contribution in [-0.2, 0) is 27.2 Å². The predicted octanol–water partition coefficient (Wildman–Crippen LogP) is 1.08. The van der Waals surface area contributed by atoms with Crippen LogP contribution >= 0.6 is 0 Å². The van der Waals surface area contributed by atoms with Gasteiger partial charge in [-0.3, -0.25) is 4.79 Å². The summed E-state index contributed by atoms with van der Waals surface area (Å²) >= 11 is 0. The van der Waals surface area contributed by atoms with Gasteiger partial charge >= 0.3 is 0 Å². The quantitative estimate of drug-likeness (QED) is 0.816. The second-order valence-corrected chi connectivity index (χ2v) is 6.56. The Morgan fingerprint density at radius 3 is 2.91 bits per heavy atom. The summed E-state index contributed by atoms with van der Waals surface area (Å²) in [4.78, 5) is 14.7. The molecule has 1 aromatic heterocycles. The first-order valence-electron chi connectivity index (χ1n) is 8.76. The molecule has 2 atom stereocenters. The maximum atomic E-state index is 12.8. The minimum absolute atomic E-state index is 0.0346. The summed E-state index contributed by atoms with van der Waals surface area (Å²) in [5, 5.41) is 8.83. The Morgan fingerprint density at radius 1 is 1.09 bits per heavy atom. The van der Waals surface area contributed by atoms with E-state index >= 15 is 0 Å². The molecule has 0 saturated carbocycles. The third kappa shape index (κ3) is 2.87. The van der Waals surface area contributed by atoms with Crippen LogP contribution in [0.1, 0.15) is 49.8 Å². The lowest BCUT2D eigenvalue weighted by molar-refractivity contribution is -0.159. The van der Waals surface area contributed by atoms with E-state index in [0.29, 0.717) is 19.8 Å². The molecular weight excluding hydrogens is 296 g/mol. The second-order valence-electron chi connectivity index (χ2n) is 6.56. The molecule has 7 nitrogen and oxygen atoms in total. The van der Waals surface area contributed by atoms with Gasteiger partial charge in [-0.05, 0) is 25.7 Å². The minimum Gasteiger partial charge on any atom is -0.376 e. The van der Waals surface area contributed by atoms with Gasteiger partial charge in [0.15, 0.2) is 11.9 Å². The molecule has 7 heteroatoms. The molecule has 0 bridgehead atoms. The van der Waals surface area contributed by atoms with Crippen LogP contribution in [0.2, 0.25) is 0 Å².